The molecule has 1 heterocycles. The van der Waals surface area contributed by atoms with E-state index in [-0.39, 0.29) is 42.5 Å². The third kappa shape index (κ3) is 8.33. The van der Waals surface area contributed by atoms with Crippen LogP contribution in [0, 0.1) is 11.7 Å². The van der Waals surface area contributed by atoms with Gasteiger partial charge >= 0.3 is 0 Å². The first-order valence-corrected chi connectivity index (χ1v) is 8.10. The van der Waals surface area contributed by atoms with Crippen LogP contribution in [0.1, 0.15) is 18.4 Å². The molecule has 1 unspecified atom stereocenters. The van der Waals surface area contributed by atoms with E-state index in [1.54, 1.807) is 12.1 Å². The second-order valence-electron chi connectivity index (χ2n) is 6.13. The van der Waals surface area contributed by atoms with Crippen molar-refractivity contribution in [1.29, 1.82) is 0 Å². The van der Waals surface area contributed by atoms with E-state index < -0.39 is 6.04 Å². The van der Waals surface area contributed by atoms with Crippen LogP contribution in [0.15, 0.2) is 24.3 Å². The van der Waals surface area contributed by atoms with Crippen molar-refractivity contribution in [3.63, 3.8) is 0 Å². The summed E-state index contributed by atoms with van der Waals surface area (Å²) < 4.78 is 18.2. The Bertz CT molecular complexity index is 499. The topological polar surface area (TPSA) is 67.6 Å². The van der Waals surface area contributed by atoms with E-state index in [0.717, 1.165) is 18.4 Å². The van der Waals surface area contributed by atoms with E-state index in [0.29, 0.717) is 32.8 Å². The van der Waals surface area contributed by atoms with Gasteiger partial charge in [-0.2, -0.15) is 0 Å². The van der Waals surface area contributed by atoms with Gasteiger partial charge in [-0.3, -0.25) is 4.79 Å². The molecule has 1 amide bonds. The predicted octanol–water partition coefficient (Wildman–Crippen LogP) is 1.97. The molecule has 0 radical (unpaired) electrons. The van der Waals surface area contributed by atoms with Crippen molar-refractivity contribution in [2.45, 2.75) is 25.4 Å². The molecule has 1 aliphatic rings. The van der Waals surface area contributed by atoms with Gasteiger partial charge in [-0.15, -0.1) is 24.8 Å². The predicted molar refractivity (Wildman–Crippen MR) is 102 cm³/mol. The van der Waals surface area contributed by atoms with E-state index in [4.69, 9.17) is 10.5 Å². The fourth-order valence-electron chi connectivity index (χ4n) is 2.76. The van der Waals surface area contributed by atoms with Crippen LogP contribution in [0.5, 0.6) is 0 Å². The van der Waals surface area contributed by atoms with E-state index in [2.05, 4.69) is 10.2 Å². The van der Waals surface area contributed by atoms with Crippen molar-refractivity contribution in [3.8, 4) is 0 Å². The fraction of sp³-hybridized carbons (Fsp3) is 0.588. The Kier molecular flexibility index (Phi) is 12.0. The lowest BCUT2D eigenvalue weighted by Crippen LogP contribution is -2.48. The maximum atomic E-state index is 12.9. The lowest BCUT2D eigenvalue weighted by atomic mass is 9.92. The average molecular weight is 396 g/mol. The SMILES string of the molecule is CN(CCNC(=O)C(N)C1CCOCC1)Cc1ccc(F)cc1.Cl.Cl. The molecule has 1 aromatic rings. The summed E-state index contributed by atoms with van der Waals surface area (Å²) >= 11 is 0. The van der Waals surface area contributed by atoms with Gasteiger partial charge in [0.1, 0.15) is 5.82 Å². The molecule has 0 aliphatic carbocycles. The molecular weight excluding hydrogens is 368 g/mol. The first kappa shape index (κ1) is 24.1. The molecule has 25 heavy (non-hydrogen) atoms. The summed E-state index contributed by atoms with van der Waals surface area (Å²) in [6.07, 6.45) is 1.69. The average Bonchev–Trinajstić information content (AvgIpc) is 2.57. The summed E-state index contributed by atoms with van der Waals surface area (Å²) in [7, 11) is 1.97. The highest BCUT2D eigenvalue weighted by Gasteiger charge is 2.26. The Hall–Kier alpha value is -0.920. The zero-order valence-corrected chi connectivity index (χ0v) is 16.1. The molecule has 0 bridgehead atoms. The number of benzene rings is 1. The molecule has 1 atom stereocenters. The minimum absolute atomic E-state index is 0. The van der Waals surface area contributed by atoms with Crippen LogP contribution >= 0.6 is 24.8 Å². The largest absolute Gasteiger partial charge is 0.381 e. The number of nitrogens with zero attached hydrogens (tertiary/aromatic N) is 1. The van der Waals surface area contributed by atoms with Crippen molar-refractivity contribution in [2.75, 3.05) is 33.4 Å². The first-order valence-electron chi connectivity index (χ1n) is 8.10. The van der Waals surface area contributed by atoms with E-state index in [1.807, 2.05) is 7.05 Å². The second-order valence-corrected chi connectivity index (χ2v) is 6.13. The molecule has 1 aromatic carbocycles. The molecule has 5 nitrogen and oxygen atoms in total. The Balaban J connectivity index is 0.00000288. The first-order chi connectivity index (χ1) is 11.1. The molecule has 1 aliphatic heterocycles. The summed E-state index contributed by atoms with van der Waals surface area (Å²) in [5.41, 5.74) is 7.07. The van der Waals surface area contributed by atoms with Crippen LogP contribution in [0.25, 0.3) is 0 Å². The summed E-state index contributed by atoms with van der Waals surface area (Å²) in [6, 6.07) is 5.99. The van der Waals surface area contributed by atoms with Crippen molar-refractivity contribution >= 4 is 30.7 Å². The fourth-order valence-corrected chi connectivity index (χ4v) is 2.76. The minimum Gasteiger partial charge on any atom is -0.381 e. The summed E-state index contributed by atoms with van der Waals surface area (Å²) in [5, 5.41) is 2.90. The zero-order chi connectivity index (χ0) is 16.7. The Morgan fingerprint density at radius 3 is 2.52 bits per heavy atom. The third-order valence-electron chi connectivity index (χ3n) is 4.24. The monoisotopic (exact) mass is 395 g/mol. The Morgan fingerprint density at radius 2 is 1.92 bits per heavy atom. The lowest BCUT2D eigenvalue weighted by Gasteiger charge is -2.27. The highest BCUT2D eigenvalue weighted by molar-refractivity contribution is 5.85. The number of rotatable bonds is 7. The summed E-state index contributed by atoms with van der Waals surface area (Å²) in [6.45, 7) is 3.34. The number of nitrogens with two attached hydrogens (primary N) is 1. The molecule has 2 rings (SSSR count). The van der Waals surface area contributed by atoms with Crippen LogP contribution in [0.3, 0.4) is 0 Å². The molecule has 8 heteroatoms. The number of amides is 1. The normalized spacial score (nSPS) is 15.8. The number of halogens is 3. The van der Waals surface area contributed by atoms with Crippen LogP contribution < -0.4 is 11.1 Å². The van der Waals surface area contributed by atoms with Gasteiger partial charge in [0, 0.05) is 32.8 Å². The molecule has 3 N–H and O–H groups in total. The molecule has 0 saturated carbocycles. The van der Waals surface area contributed by atoms with Crippen molar-refractivity contribution in [2.24, 2.45) is 11.7 Å². The minimum atomic E-state index is -0.457. The Morgan fingerprint density at radius 1 is 1.32 bits per heavy atom. The maximum absolute atomic E-state index is 12.9. The van der Waals surface area contributed by atoms with Gasteiger partial charge in [-0.05, 0) is 43.5 Å². The lowest BCUT2D eigenvalue weighted by molar-refractivity contribution is -0.124. The highest BCUT2D eigenvalue weighted by atomic mass is 35.5. The summed E-state index contributed by atoms with van der Waals surface area (Å²) in [5.74, 6) is -0.112. The van der Waals surface area contributed by atoms with Crippen LogP contribution in [0.4, 0.5) is 4.39 Å². The van der Waals surface area contributed by atoms with Crippen LogP contribution in [-0.2, 0) is 16.1 Å². The van der Waals surface area contributed by atoms with Crippen molar-refractivity contribution in [3.05, 3.63) is 35.6 Å². The maximum Gasteiger partial charge on any atom is 0.237 e. The van der Waals surface area contributed by atoms with E-state index >= 15 is 0 Å². The molecule has 1 saturated heterocycles. The van der Waals surface area contributed by atoms with Crippen molar-refractivity contribution < 1.29 is 13.9 Å². The number of ether oxygens (including phenoxy) is 1. The van der Waals surface area contributed by atoms with Gasteiger partial charge < -0.3 is 20.7 Å². The number of carbonyl (C=O) groups excluding carboxylic acids is 1. The molecule has 0 spiro atoms. The number of hydrogen-bond acceptors (Lipinski definition) is 4. The molecular formula is C17H28Cl2FN3O2. The molecule has 1 fully saturated rings. The van der Waals surface area contributed by atoms with Gasteiger partial charge in [-0.1, -0.05) is 12.1 Å². The number of likely N-dealkylation sites (N-methyl/N-ethyl adjacent to an activating group) is 1. The molecule has 144 valence electrons. The van der Waals surface area contributed by atoms with Crippen molar-refractivity contribution in [1.82, 2.24) is 10.2 Å². The summed E-state index contributed by atoms with van der Waals surface area (Å²) in [4.78, 5) is 14.2. The molecule has 0 aromatic heterocycles. The Labute approximate surface area is 161 Å². The van der Waals surface area contributed by atoms with Gasteiger partial charge in [0.25, 0.3) is 0 Å². The second kappa shape index (κ2) is 12.4. The van der Waals surface area contributed by atoms with Gasteiger partial charge in [0.15, 0.2) is 0 Å². The quantitative estimate of drug-likeness (QED) is 0.740. The standard InChI is InChI=1S/C17H26FN3O2.2ClH/c1-21(12-13-2-4-15(18)5-3-13)9-8-20-17(22)16(19)14-6-10-23-11-7-14;;/h2-5,14,16H,6-12,19H2,1H3,(H,20,22);2*1H. The van der Waals surface area contributed by atoms with Crippen LogP contribution in [-0.4, -0.2) is 50.2 Å². The zero-order valence-electron chi connectivity index (χ0n) is 14.4. The third-order valence-corrected chi connectivity index (χ3v) is 4.24. The van der Waals surface area contributed by atoms with Gasteiger partial charge in [0.05, 0.1) is 6.04 Å². The van der Waals surface area contributed by atoms with Gasteiger partial charge in [0.2, 0.25) is 5.91 Å². The smallest absolute Gasteiger partial charge is 0.237 e. The van der Waals surface area contributed by atoms with E-state index in [9.17, 15) is 9.18 Å². The number of carbonyl (C=O) groups is 1. The van der Waals surface area contributed by atoms with Gasteiger partial charge in [-0.25, -0.2) is 4.39 Å². The number of nitrogens with one attached hydrogen (secondary N) is 1. The van der Waals surface area contributed by atoms with E-state index in [1.165, 1.54) is 12.1 Å². The highest BCUT2D eigenvalue weighted by Crippen LogP contribution is 2.17. The van der Waals surface area contributed by atoms with Crippen LogP contribution in [0.2, 0.25) is 0 Å². The number of hydrogen-bond donors (Lipinski definition) is 2.